The molecule has 0 spiro atoms. The van der Waals surface area contributed by atoms with Gasteiger partial charge in [0.1, 0.15) is 11.6 Å². The summed E-state index contributed by atoms with van der Waals surface area (Å²) in [6.45, 7) is 8.64. The number of nitrogens with zero attached hydrogens (tertiary/aromatic N) is 1. The summed E-state index contributed by atoms with van der Waals surface area (Å²) in [6.07, 6.45) is 3.52. The van der Waals surface area contributed by atoms with E-state index >= 15 is 0 Å². The van der Waals surface area contributed by atoms with E-state index in [0.29, 0.717) is 17.3 Å². The molecule has 0 aromatic carbocycles. The zero-order valence-corrected chi connectivity index (χ0v) is 11.7. The molecule has 18 heavy (non-hydrogen) atoms. The maximum atomic E-state index is 11.6. The largest absolute Gasteiger partial charge is 0.367 e. The first kappa shape index (κ1) is 13.1. The highest BCUT2D eigenvalue weighted by molar-refractivity contribution is 5.35. The molecule has 0 saturated heterocycles. The van der Waals surface area contributed by atoms with Crippen molar-refractivity contribution in [1.29, 1.82) is 0 Å². The van der Waals surface area contributed by atoms with Crippen molar-refractivity contribution in [2.45, 2.75) is 58.9 Å². The van der Waals surface area contributed by atoms with Crippen LogP contribution in [0.5, 0.6) is 0 Å². The smallest absolute Gasteiger partial charge is 0.252 e. The third kappa shape index (κ3) is 3.12. The van der Waals surface area contributed by atoms with Gasteiger partial charge in [-0.05, 0) is 24.7 Å². The average Bonchev–Trinajstić information content (AvgIpc) is 2.57. The SMILES string of the molecule is CC(C)c1nc(NC2CCC(C)(C)C2)cc(=O)[nH]1. The zero-order chi connectivity index (χ0) is 13.3. The molecule has 1 saturated carbocycles. The highest BCUT2D eigenvalue weighted by atomic mass is 16.1. The molecule has 0 bridgehead atoms. The van der Waals surface area contributed by atoms with Gasteiger partial charge in [0.15, 0.2) is 0 Å². The Balaban J connectivity index is 2.12. The Labute approximate surface area is 108 Å². The van der Waals surface area contributed by atoms with Crippen molar-refractivity contribution in [2.24, 2.45) is 5.41 Å². The molecule has 0 radical (unpaired) electrons. The summed E-state index contributed by atoms with van der Waals surface area (Å²) in [5.41, 5.74) is 0.327. The minimum atomic E-state index is -0.0755. The number of aromatic nitrogens is 2. The molecule has 1 unspecified atom stereocenters. The Morgan fingerprint density at radius 2 is 2.22 bits per heavy atom. The van der Waals surface area contributed by atoms with Gasteiger partial charge >= 0.3 is 0 Å². The lowest BCUT2D eigenvalue weighted by atomic mass is 9.92. The lowest BCUT2D eigenvalue weighted by Crippen LogP contribution is -2.21. The molecule has 0 aliphatic heterocycles. The first-order chi connectivity index (χ1) is 8.35. The van der Waals surface area contributed by atoms with E-state index in [9.17, 15) is 4.79 Å². The molecule has 1 aromatic rings. The summed E-state index contributed by atoms with van der Waals surface area (Å²) in [4.78, 5) is 18.8. The molecule has 1 aliphatic carbocycles. The first-order valence-corrected chi connectivity index (χ1v) is 6.73. The van der Waals surface area contributed by atoms with Gasteiger partial charge < -0.3 is 10.3 Å². The van der Waals surface area contributed by atoms with Crippen LogP contribution in [0.15, 0.2) is 10.9 Å². The van der Waals surface area contributed by atoms with Crippen LogP contribution in [-0.4, -0.2) is 16.0 Å². The quantitative estimate of drug-likeness (QED) is 0.866. The fraction of sp³-hybridized carbons (Fsp3) is 0.714. The topological polar surface area (TPSA) is 57.8 Å². The molecule has 1 heterocycles. The van der Waals surface area contributed by atoms with Crippen molar-refractivity contribution in [1.82, 2.24) is 9.97 Å². The maximum absolute atomic E-state index is 11.6. The number of hydrogen-bond donors (Lipinski definition) is 2. The number of nitrogens with one attached hydrogen (secondary N) is 2. The van der Waals surface area contributed by atoms with Crippen molar-refractivity contribution in [3.05, 3.63) is 22.2 Å². The summed E-state index contributed by atoms with van der Waals surface area (Å²) < 4.78 is 0. The van der Waals surface area contributed by atoms with Crippen LogP contribution in [0.2, 0.25) is 0 Å². The summed E-state index contributed by atoms with van der Waals surface area (Å²) in [5.74, 6) is 1.70. The molecule has 100 valence electrons. The van der Waals surface area contributed by atoms with Gasteiger partial charge in [-0.15, -0.1) is 0 Å². The van der Waals surface area contributed by atoms with Crippen molar-refractivity contribution in [3.8, 4) is 0 Å². The summed E-state index contributed by atoms with van der Waals surface area (Å²) in [6, 6.07) is 1.99. The van der Waals surface area contributed by atoms with Gasteiger partial charge in [0, 0.05) is 18.0 Å². The van der Waals surface area contributed by atoms with E-state index in [1.165, 1.54) is 6.42 Å². The molecule has 4 heteroatoms. The van der Waals surface area contributed by atoms with Crippen molar-refractivity contribution < 1.29 is 0 Å². The number of aromatic amines is 1. The number of rotatable bonds is 3. The van der Waals surface area contributed by atoms with Crippen molar-refractivity contribution >= 4 is 5.82 Å². The second-order valence-corrected chi connectivity index (χ2v) is 6.42. The molecule has 2 rings (SSSR count). The molecular weight excluding hydrogens is 226 g/mol. The monoisotopic (exact) mass is 249 g/mol. The average molecular weight is 249 g/mol. The molecule has 4 nitrogen and oxygen atoms in total. The number of hydrogen-bond acceptors (Lipinski definition) is 3. The van der Waals surface area contributed by atoms with Gasteiger partial charge in [0.25, 0.3) is 5.56 Å². The summed E-state index contributed by atoms with van der Waals surface area (Å²) in [7, 11) is 0. The molecule has 1 aromatic heterocycles. The molecular formula is C14H23N3O. The van der Waals surface area contributed by atoms with Crippen LogP contribution < -0.4 is 10.9 Å². The molecule has 1 aliphatic rings. The molecule has 1 atom stereocenters. The standard InChI is InChI=1S/C14H23N3O/c1-9(2)13-16-11(7-12(18)17-13)15-10-5-6-14(3,4)8-10/h7,9-10H,5-6,8H2,1-4H3,(H2,15,16,17,18). The third-order valence-electron chi connectivity index (χ3n) is 3.63. The van der Waals surface area contributed by atoms with Crippen LogP contribution in [0, 0.1) is 5.41 Å². The van der Waals surface area contributed by atoms with Crippen LogP contribution in [0.1, 0.15) is 58.7 Å². The Bertz CT molecular complexity index is 476. The van der Waals surface area contributed by atoms with Gasteiger partial charge in [-0.1, -0.05) is 27.7 Å². The van der Waals surface area contributed by atoms with Crippen LogP contribution in [-0.2, 0) is 0 Å². The van der Waals surface area contributed by atoms with E-state index < -0.39 is 0 Å². The van der Waals surface area contributed by atoms with E-state index in [1.54, 1.807) is 6.07 Å². The fourth-order valence-corrected chi connectivity index (χ4v) is 2.59. The second-order valence-electron chi connectivity index (χ2n) is 6.42. The van der Waals surface area contributed by atoms with Gasteiger partial charge in [-0.25, -0.2) is 4.98 Å². The van der Waals surface area contributed by atoms with Gasteiger partial charge in [-0.2, -0.15) is 0 Å². The van der Waals surface area contributed by atoms with Crippen LogP contribution in [0.3, 0.4) is 0 Å². The molecule has 2 N–H and O–H groups in total. The Morgan fingerprint density at radius 3 is 2.78 bits per heavy atom. The second kappa shape index (κ2) is 4.75. The van der Waals surface area contributed by atoms with Crippen LogP contribution in [0.25, 0.3) is 0 Å². The van der Waals surface area contributed by atoms with E-state index in [4.69, 9.17) is 0 Å². The van der Waals surface area contributed by atoms with Crippen molar-refractivity contribution in [3.63, 3.8) is 0 Å². The minimum Gasteiger partial charge on any atom is -0.367 e. The third-order valence-corrected chi connectivity index (χ3v) is 3.63. The van der Waals surface area contributed by atoms with E-state index in [-0.39, 0.29) is 11.5 Å². The normalized spacial score (nSPS) is 22.4. The number of H-pyrrole nitrogens is 1. The first-order valence-electron chi connectivity index (χ1n) is 6.73. The molecule has 0 amide bonds. The highest BCUT2D eigenvalue weighted by Gasteiger charge is 2.30. The Kier molecular flexibility index (Phi) is 3.46. The van der Waals surface area contributed by atoms with E-state index in [0.717, 1.165) is 18.7 Å². The summed E-state index contributed by atoms with van der Waals surface area (Å²) in [5, 5.41) is 3.40. The van der Waals surface area contributed by atoms with Crippen LogP contribution in [0.4, 0.5) is 5.82 Å². The summed E-state index contributed by atoms with van der Waals surface area (Å²) >= 11 is 0. The lowest BCUT2D eigenvalue weighted by molar-refractivity contribution is 0.378. The van der Waals surface area contributed by atoms with Crippen molar-refractivity contribution in [2.75, 3.05) is 5.32 Å². The maximum Gasteiger partial charge on any atom is 0.252 e. The predicted octanol–water partition coefficient (Wildman–Crippen LogP) is 2.88. The zero-order valence-electron chi connectivity index (χ0n) is 11.7. The Hall–Kier alpha value is -1.32. The number of anilines is 1. The van der Waals surface area contributed by atoms with Gasteiger partial charge in [0.2, 0.25) is 0 Å². The van der Waals surface area contributed by atoms with Gasteiger partial charge in [-0.3, -0.25) is 4.79 Å². The van der Waals surface area contributed by atoms with E-state index in [2.05, 4.69) is 29.1 Å². The predicted molar refractivity (Wildman–Crippen MR) is 74.0 cm³/mol. The van der Waals surface area contributed by atoms with Crippen LogP contribution >= 0.6 is 0 Å². The van der Waals surface area contributed by atoms with Gasteiger partial charge in [0.05, 0.1) is 0 Å². The molecule has 1 fully saturated rings. The highest BCUT2D eigenvalue weighted by Crippen LogP contribution is 2.37. The lowest BCUT2D eigenvalue weighted by Gasteiger charge is -2.18. The fourth-order valence-electron chi connectivity index (χ4n) is 2.59. The minimum absolute atomic E-state index is 0.0755. The van der Waals surface area contributed by atoms with E-state index in [1.807, 2.05) is 13.8 Å². The Morgan fingerprint density at radius 1 is 1.50 bits per heavy atom.